The van der Waals surface area contributed by atoms with Crippen LogP contribution in [0.3, 0.4) is 0 Å². The minimum atomic E-state index is -4.32. The van der Waals surface area contributed by atoms with Crippen molar-refractivity contribution in [1.82, 2.24) is 0 Å². The molecule has 5 aromatic rings. The Balaban J connectivity index is 0. The number of anilines is 1. The maximum absolute atomic E-state index is 13.3. The van der Waals surface area contributed by atoms with Crippen molar-refractivity contribution in [1.29, 1.82) is 0 Å². The Labute approximate surface area is 445 Å². The SMILES string of the molecule is C.COc1c(C)cc(N)cc1S(N)(=O)=O.COc1c(C)cc([N+](=O)[O-])cc1S(N)(=O)=O.Cc1cc([N+](=O)[O-])cc(S(=O)(=O)Cl)c1F.Cc1cc([N+](=O)[O-])cc(S(N)(=O)=O)c1F.Cc1cc([N+](=O)[O-])ccc1F.O=S(=O)(O)Cl. The van der Waals surface area contributed by atoms with E-state index in [0.717, 1.165) is 30.3 Å². The predicted octanol–water partition coefficient (Wildman–Crippen LogP) is 6.16. The van der Waals surface area contributed by atoms with Crippen molar-refractivity contribution in [2.45, 2.75) is 61.6 Å². The number of ether oxygens (including phenoxy) is 2. The van der Waals surface area contributed by atoms with Gasteiger partial charge >= 0.3 is 9.33 Å². The fourth-order valence-corrected chi connectivity index (χ4v) is 8.58. The van der Waals surface area contributed by atoms with E-state index in [1.54, 1.807) is 13.0 Å². The number of methoxy groups -OCH3 is 2. The molecule has 77 heavy (non-hydrogen) atoms. The summed E-state index contributed by atoms with van der Waals surface area (Å²) in [5.41, 5.74) is 5.35. The van der Waals surface area contributed by atoms with Gasteiger partial charge in [0.15, 0.2) is 0 Å². The third kappa shape index (κ3) is 23.9. The summed E-state index contributed by atoms with van der Waals surface area (Å²) in [4.78, 5) is 36.4. The molecule has 0 atom stereocenters. The number of nitrogen functional groups attached to an aromatic ring is 1. The molecule has 5 aromatic carbocycles. The van der Waals surface area contributed by atoms with Gasteiger partial charge < -0.3 is 15.2 Å². The van der Waals surface area contributed by atoms with Crippen molar-refractivity contribution in [3.8, 4) is 11.5 Å². The molecule has 428 valence electrons. The first-order valence-corrected chi connectivity index (χ1v) is 28.2. The molecule has 0 aromatic heterocycles. The number of sulfonamides is 3. The van der Waals surface area contributed by atoms with Gasteiger partial charge in [-0.15, -0.1) is 0 Å². The maximum atomic E-state index is 13.3. The molecular weight excluding hydrogens is 1190 g/mol. The van der Waals surface area contributed by atoms with Crippen LogP contribution >= 0.6 is 21.4 Å². The van der Waals surface area contributed by atoms with Gasteiger partial charge in [0.1, 0.15) is 48.5 Å². The zero-order valence-electron chi connectivity index (χ0n) is 39.5. The first-order valence-electron chi connectivity index (χ1n) is 19.0. The molecule has 0 unspecified atom stereocenters. The van der Waals surface area contributed by atoms with Gasteiger partial charge in [-0.05, 0) is 80.6 Å². The van der Waals surface area contributed by atoms with Crippen molar-refractivity contribution >= 4 is 98.3 Å². The van der Waals surface area contributed by atoms with Gasteiger partial charge in [-0.1, -0.05) is 7.43 Å². The Morgan fingerprint density at radius 1 is 0.481 bits per heavy atom. The predicted molar refractivity (Wildman–Crippen MR) is 271 cm³/mol. The summed E-state index contributed by atoms with van der Waals surface area (Å²) in [6.45, 7) is 7.12. The molecule has 0 saturated heterocycles. The molecule has 0 bridgehead atoms. The van der Waals surface area contributed by atoms with E-state index in [9.17, 15) is 87.3 Å². The van der Waals surface area contributed by atoms with Gasteiger partial charge in [-0.3, -0.25) is 45.0 Å². The van der Waals surface area contributed by atoms with Gasteiger partial charge in [0, 0.05) is 75.6 Å². The quantitative estimate of drug-likeness (QED) is 0.0343. The highest BCUT2D eigenvalue weighted by Gasteiger charge is 2.25. The lowest BCUT2D eigenvalue weighted by molar-refractivity contribution is -0.385. The van der Waals surface area contributed by atoms with Crippen LogP contribution in [0.5, 0.6) is 11.5 Å². The van der Waals surface area contributed by atoms with E-state index >= 15 is 0 Å². The van der Waals surface area contributed by atoms with Crippen LogP contribution in [0.15, 0.2) is 86.3 Å². The molecule has 0 fully saturated rings. The highest BCUT2D eigenvalue weighted by Crippen LogP contribution is 2.32. The number of hydrogen-bond acceptors (Lipinski definition) is 21. The van der Waals surface area contributed by atoms with Crippen molar-refractivity contribution < 1.29 is 89.0 Å². The van der Waals surface area contributed by atoms with Gasteiger partial charge in [-0.2, -0.15) is 8.42 Å². The average Bonchev–Trinajstić information content (AvgIpc) is 3.24. The number of nitrogens with zero attached hydrogens (tertiary/aromatic N) is 4. The fourth-order valence-electron chi connectivity index (χ4n) is 5.32. The number of hydrogen-bond donors (Lipinski definition) is 5. The maximum Gasteiger partial charge on any atom is 0.353 e. The molecule has 0 radical (unpaired) electrons. The average molecular weight is 1240 g/mol. The lowest BCUT2D eigenvalue weighted by atomic mass is 10.2. The van der Waals surface area contributed by atoms with Crippen molar-refractivity contribution in [3.05, 3.63) is 152 Å². The van der Waals surface area contributed by atoms with E-state index in [1.165, 1.54) is 60.1 Å². The summed E-state index contributed by atoms with van der Waals surface area (Å²) in [5, 5.41) is 56.1. The summed E-state index contributed by atoms with van der Waals surface area (Å²) in [6, 6.07) is 11.5. The Hall–Kier alpha value is -6.94. The summed E-state index contributed by atoms with van der Waals surface area (Å²) >= 11 is 0. The minimum Gasteiger partial charge on any atom is -0.495 e. The van der Waals surface area contributed by atoms with Crippen molar-refractivity contribution in [2.75, 3.05) is 20.0 Å². The van der Waals surface area contributed by atoms with Crippen LogP contribution in [0.2, 0.25) is 0 Å². The highest BCUT2D eigenvalue weighted by molar-refractivity contribution is 8.13. The highest BCUT2D eigenvalue weighted by atomic mass is 35.7. The van der Waals surface area contributed by atoms with E-state index in [4.69, 9.17) is 54.3 Å². The summed E-state index contributed by atoms with van der Waals surface area (Å²) in [5.74, 6) is -2.30. The van der Waals surface area contributed by atoms with E-state index in [1.807, 2.05) is 0 Å². The summed E-state index contributed by atoms with van der Waals surface area (Å²) in [7, 11) is -9.03. The fraction of sp³-hybridized carbons (Fsp3) is 0.211. The second kappa shape index (κ2) is 29.0. The number of primary sulfonamides is 3. The van der Waals surface area contributed by atoms with Crippen LogP contribution in [-0.2, 0) is 48.5 Å². The number of nitrogens with two attached hydrogens (primary N) is 4. The second-order valence-corrected chi connectivity index (χ2v) is 23.4. The van der Waals surface area contributed by atoms with Gasteiger partial charge in [0.2, 0.25) is 30.1 Å². The smallest absolute Gasteiger partial charge is 0.353 e. The van der Waals surface area contributed by atoms with Crippen LogP contribution in [0.25, 0.3) is 0 Å². The third-order valence-corrected chi connectivity index (χ3v) is 12.5. The first kappa shape index (κ1) is 72.1. The van der Waals surface area contributed by atoms with Gasteiger partial charge in [-0.25, -0.2) is 62.3 Å². The number of non-ortho nitro benzene ring substituents is 4. The minimum absolute atomic E-state index is 0. The van der Waals surface area contributed by atoms with Gasteiger partial charge in [0.05, 0.1) is 33.9 Å². The lowest BCUT2D eigenvalue weighted by Gasteiger charge is -2.10. The van der Waals surface area contributed by atoms with E-state index in [0.29, 0.717) is 34.5 Å². The number of nitro groups is 4. The number of halogens is 5. The Morgan fingerprint density at radius 2 is 0.766 bits per heavy atom. The number of benzene rings is 5. The molecular formula is C38H45Cl2F3N8O21S5. The van der Waals surface area contributed by atoms with Crippen LogP contribution in [0.1, 0.15) is 35.2 Å². The second-order valence-electron chi connectivity index (χ2n) is 14.3. The van der Waals surface area contributed by atoms with Crippen molar-refractivity contribution in [2.24, 2.45) is 15.4 Å². The standard InChI is InChI=1S/C8H10N2O5S.C8H12N2O3S.C7H5ClFNO4S.C7H7FN2O4S.C7H6FNO2.CH4.ClHO3S/c1-5-3-6(10(11)12)4-7(8(5)15-2)16(9,13)14;1-5-3-6(9)4-7(8(5)13-2)14(10,11)12;1-4-2-5(10(11)12)3-6(7(4)9)15(8,13)14;1-4-2-5(10(11)12)3-6(7(4)8)15(9,13)14;1-5-4-6(9(10)11)2-3-7(5)8;;1-5(2,3)4/h3-4H,1-2H3,(H2,9,13,14);3-4H,9H2,1-2H3,(H2,10,11,12);2-3H,1H3;2-3H,1H3,(H2,9,13,14);2-4H,1H3;1H4;(H,2,3,4). The molecule has 0 amide bonds. The number of aryl methyl sites for hydroxylation is 5. The molecule has 0 saturated carbocycles. The number of rotatable bonds is 10. The zero-order chi connectivity index (χ0) is 60.0. The zero-order valence-corrected chi connectivity index (χ0v) is 45.1. The normalized spacial score (nSPS) is 11.0. The number of nitro benzene ring substituents is 4. The van der Waals surface area contributed by atoms with E-state index < -0.39 is 107 Å². The third-order valence-electron chi connectivity index (χ3n) is 8.48. The van der Waals surface area contributed by atoms with Gasteiger partial charge in [0.25, 0.3) is 31.8 Å². The Kier molecular flexibility index (Phi) is 27.2. The molecule has 0 aliphatic heterocycles. The lowest BCUT2D eigenvalue weighted by Crippen LogP contribution is -2.15. The molecule has 0 aliphatic carbocycles. The monoisotopic (exact) mass is 1240 g/mol. The molecule has 29 nitrogen and oxygen atoms in total. The molecule has 0 aliphatic rings. The molecule has 5 rings (SSSR count). The van der Waals surface area contributed by atoms with Crippen molar-refractivity contribution in [3.63, 3.8) is 0 Å². The molecule has 39 heteroatoms. The first-order chi connectivity index (χ1) is 34.2. The van der Waals surface area contributed by atoms with Crippen LogP contribution < -0.4 is 30.6 Å². The topological polar surface area (TPSA) is 486 Å². The summed E-state index contributed by atoms with van der Waals surface area (Å²) < 4.78 is 162. The van der Waals surface area contributed by atoms with Crippen LogP contribution in [-0.4, -0.2) is 80.6 Å². The largest absolute Gasteiger partial charge is 0.495 e. The van der Waals surface area contributed by atoms with E-state index in [2.05, 4.69) is 10.7 Å². The molecule has 9 N–H and O–H groups in total. The molecule has 0 heterocycles. The summed E-state index contributed by atoms with van der Waals surface area (Å²) in [6.07, 6.45) is 0. The van der Waals surface area contributed by atoms with Crippen LogP contribution in [0.4, 0.5) is 41.6 Å². The Morgan fingerprint density at radius 3 is 1.08 bits per heavy atom. The Bertz CT molecular complexity index is 3540. The molecule has 0 spiro atoms. The van der Waals surface area contributed by atoms with E-state index in [-0.39, 0.29) is 51.2 Å². The van der Waals surface area contributed by atoms with Crippen LogP contribution in [0, 0.1) is 92.5 Å².